The average Bonchev–Trinajstić information content (AvgIpc) is 2.47. The summed E-state index contributed by atoms with van der Waals surface area (Å²) >= 11 is 0. The Labute approximate surface area is 127 Å². The van der Waals surface area contributed by atoms with Crippen LogP contribution in [-0.4, -0.2) is 85.9 Å². The number of rotatable bonds is 8. The fourth-order valence-corrected chi connectivity index (χ4v) is 2.22. The summed E-state index contributed by atoms with van der Waals surface area (Å²) in [6.45, 7) is 11.9. The van der Waals surface area contributed by atoms with Gasteiger partial charge in [0.1, 0.15) is 0 Å². The predicted octanol–water partition coefficient (Wildman–Crippen LogP) is -0.449. The molecule has 2 amide bonds. The van der Waals surface area contributed by atoms with Crippen LogP contribution in [0, 0.1) is 0 Å². The summed E-state index contributed by atoms with van der Waals surface area (Å²) in [5, 5.41) is 3.21. The maximum Gasteiger partial charge on any atom is 0.237 e. The molecule has 1 rings (SSSR count). The van der Waals surface area contributed by atoms with Crippen LogP contribution in [0.2, 0.25) is 0 Å². The first kappa shape index (κ1) is 17.4. The van der Waals surface area contributed by atoms with Gasteiger partial charge >= 0.3 is 0 Å². The molecule has 0 unspecified atom stereocenters. The van der Waals surface area contributed by atoms with E-state index in [2.05, 4.69) is 18.5 Å². The summed E-state index contributed by atoms with van der Waals surface area (Å²) in [4.78, 5) is 29.5. The van der Waals surface area contributed by atoms with E-state index in [1.807, 2.05) is 4.90 Å². The van der Waals surface area contributed by atoms with E-state index in [0.717, 1.165) is 26.2 Å². The number of amides is 2. The van der Waals surface area contributed by atoms with Crippen LogP contribution in [0.5, 0.6) is 0 Å². The van der Waals surface area contributed by atoms with Crippen molar-refractivity contribution < 1.29 is 9.59 Å². The van der Waals surface area contributed by atoms with Crippen molar-refractivity contribution in [2.45, 2.75) is 0 Å². The van der Waals surface area contributed by atoms with Gasteiger partial charge in [0, 0.05) is 39.3 Å². The molecule has 0 aliphatic carbocycles. The number of carbonyl (C=O) groups excluding carboxylic acids is 2. The highest BCUT2D eigenvalue weighted by Crippen LogP contribution is 1.98. The second kappa shape index (κ2) is 9.31. The zero-order valence-corrected chi connectivity index (χ0v) is 12.9. The van der Waals surface area contributed by atoms with E-state index in [0.29, 0.717) is 13.1 Å². The molecule has 118 valence electrons. The van der Waals surface area contributed by atoms with Crippen LogP contribution in [-0.2, 0) is 9.59 Å². The highest BCUT2D eigenvalue weighted by Gasteiger charge is 2.20. The van der Waals surface area contributed by atoms with Gasteiger partial charge in [-0.15, -0.1) is 13.2 Å². The zero-order valence-electron chi connectivity index (χ0n) is 12.9. The lowest BCUT2D eigenvalue weighted by molar-refractivity contribution is -0.135. The van der Waals surface area contributed by atoms with Gasteiger partial charge in [0.25, 0.3) is 0 Å². The van der Waals surface area contributed by atoms with Crippen molar-refractivity contribution in [2.24, 2.45) is 0 Å². The van der Waals surface area contributed by atoms with E-state index >= 15 is 0 Å². The van der Waals surface area contributed by atoms with Gasteiger partial charge in [-0.2, -0.15) is 0 Å². The number of hydrogen-bond donors (Lipinski definition) is 1. The topological polar surface area (TPSA) is 55.9 Å². The minimum Gasteiger partial charge on any atom is -0.339 e. The highest BCUT2D eigenvalue weighted by atomic mass is 16.2. The van der Waals surface area contributed by atoms with E-state index in [-0.39, 0.29) is 24.9 Å². The molecule has 0 aromatic carbocycles. The Bertz CT molecular complexity index is 368. The van der Waals surface area contributed by atoms with E-state index < -0.39 is 0 Å². The lowest BCUT2D eigenvalue weighted by Crippen LogP contribution is -2.50. The van der Waals surface area contributed by atoms with E-state index in [4.69, 9.17) is 0 Å². The van der Waals surface area contributed by atoms with E-state index in [1.54, 1.807) is 29.0 Å². The zero-order chi connectivity index (χ0) is 15.7. The highest BCUT2D eigenvalue weighted by molar-refractivity contribution is 5.81. The minimum atomic E-state index is -0.0228. The van der Waals surface area contributed by atoms with Crippen LogP contribution in [0.4, 0.5) is 0 Å². The second-order valence-corrected chi connectivity index (χ2v) is 5.18. The van der Waals surface area contributed by atoms with Gasteiger partial charge in [-0.1, -0.05) is 12.2 Å². The van der Waals surface area contributed by atoms with Crippen LogP contribution in [0.25, 0.3) is 0 Å². The maximum atomic E-state index is 12.1. The molecule has 0 atom stereocenters. The molecule has 0 aromatic heterocycles. The number of hydrogen-bond acceptors (Lipinski definition) is 4. The van der Waals surface area contributed by atoms with Crippen molar-refractivity contribution >= 4 is 11.8 Å². The summed E-state index contributed by atoms with van der Waals surface area (Å²) < 4.78 is 0. The first-order valence-corrected chi connectivity index (χ1v) is 7.25. The molecular weight excluding hydrogens is 268 g/mol. The molecule has 0 bridgehead atoms. The lowest BCUT2D eigenvalue weighted by Gasteiger charge is -2.29. The Kier molecular flexibility index (Phi) is 7.71. The van der Waals surface area contributed by atoms with Crippen molar-refractivity contribution in [1.29, 1.82) is 0 Å². The van der Waals surface area contributed by atoms with Crippen LogP contribution in [0.3, 0.4) is 0 Å². The molecule has 21 heavy (non-hydrogen) atoms. The van der Waals surface area contributed by atoms with Crippen molar-refractivity contribution in [3.05, 3.63) is 25.3 Å². The van der Waals surface area contributed by atoms with Gasteiger partial charge in [-0.05, 0) is 7.05 Å². The number of likely N-dealkylation sites (N-methyl/N-ethyl adjacent to an activating group) is 1. The van der Waals surface area contributed by atoms with Crippen LogP contribution >= 0.6 is 0 Å². The average molecular weight is 294 g/mol. The summed E-state index contributed by atoms with van der Waals surface area (Å²) in [6, 6.07) is 0. The lowest BCUT2D eigenvalue weighted by atomic mass is 10.3. The van der Waals surface area contributed by atoms with Gasteiger partial charge in [0.2, 0.25) is 11.8 Å². The van der Waals surface area contributed by atoms with Crippen LogP contribution in [0.15, 0.2) is 25.3 Å². The predicted molar refractivity (Wildman–Crippen MR) is 83.9 cm³/mol. The maximum absolute atomic E-state index is 12.1. The van der Waals surface area contributed by atoms with Gasteiger partial charge in [-0.25, -0.2) is 0 Å². The van der Waals surface area contributed by atoms with Crippen molar-refractivity contribution in [3.63, 3.8) is 0 Å². The monoisotopic (exact) mass is 294 g/mol. The first-order chi connectivity index (χ1) is 10.1. The normalized spacial score (nSPS) is 14.9. The number of piperazine rings is 1. The Balaban J connectivity index is 2.41. The Morgan fingerprint density at radius 2 is 1.71 bits per heavy atom. The molecule has 6 heteroatoms. The molecule has 1 heterocycles. The molecule has 1 fully saturated rings. The Hall–Kier alpha value is -1.66. The summed E-state index contributed by atoms with van der Waals surface area (Å²) in [5.74, 6) is 0.0520. The van der Waals surface area contributed by atoms with Crippen molar-refractivity contribution in [3.8, 4) is 0 Å². The third kappa shape index (κ3) is 6.10. The summed E-state index contributed by atoms with van der Waals surface area (Å²) in [6.07, 6.45) is 3.38. The standard InChI is InChI=1S/C15H26N4O2/c1-4-8-18(9-5-2)14(20)12-17(3)13-15(21)19-10-6-16-7-11-19/h4-5,16H,1-2,6-13H2,3H3. The fourth-order valence-electron chi connectivity index (χ4n) is 2.22. The number of nitrogens with zero attached hydrogens (tertiary/aromatic N) is 3. The molecule has 0 aromatic rings. The number of carbonyl (C=O) groups is 2. The molecule has 1 N–H and O–H groups in total. The molecule has 1 saturated heterocycles. The molecule has 0 radical (unpaired) electrons. The molecule has 0 saturated carbocycles. The smallest absolute Gasteiger partial charge is 0.237 e. The van der Waals surface area contributed by atoms with Crippen molar-refractivity contribution in [2.75, 3.05) is 59.4 Å². The fraction of sp³-hybridized carbons (Fsp3) is 0.600. The molecule has 0 spiro atoms. The summed E-state index contributed by atoms with van der Waals surface area (Å²) in [7, 11) is 1.79. The van der Waals surface area contributed by atoms with E-state index in [9.17, 15) is 9.59 Å². The van der Waals surface area contributed by atoms with E-state index in [1.165, 1.54) is 0 Å². The second-order valence-electron chi connectivity index (χ2n) is 5.18. The molecular formula is C15H26N4O2. The first-order valence-electron chi connectivity index (χ1n) is 7.25. The quantitative estimate of drug-likeness (QED) is 0.616. The third-order valence-corrected chi connectivity index (χ3v) is 3.33. The Morgan fingerprint density at radius 1 is 1.14 bits per heavy atom. The van der Waals surface area contributed by atoms with Gasteiger partial charge in [-0.3, -0.25) is 14.5 Å². The number of nitrogens with one attached hydrogen (secondary N) is 1. The van der Waals surface area contributed by atoms with Crippen molar-refractivity contribution in [1.82, 2.24) is 20.0 Å². The molecule has 6 nitrogen and oxygen atoms in total. The third-order valence-electron chi connectivity index (χ3n) is 3.33. The van der Waals surface area contributed by atoms with Crippen LogP contribution < -0.4 is 5.32 Å². The molecule has 1 aliphatic rings. The van der Waals surface area contributed by atoms with Gasteiger partial charge < -0.3 is 15.1 Å². The van der Waals surface area contributed by atoms with Gasteiger partial charge in [0.05, 0.1) is 13.1 Å². The largest absolute Gasteiger partial charge is 0.339 e. The SMILES string of the molecule is C=CCN(CC=C)C(=O)CN(C)CC(=O)N1CCNCC1. The van der Waals surface area contributed by atoms with Gasteiger partial charge in [0.15, 0.2) is 0 Å². The molecule has 1 aliphatic heterocycles. The van der Waals surface area contributed by atoms with Crippen LogP contribution in [0.1, 0.15) is 0 Å². The summed E-state index contributed by atoms with van der Waals surface area (Å²) in [5.41, 5.74) is 0. The Morgan fingerprint density at radius 3 is 2.24 bits per heavy atom. The minimum absolute atomic E-state index is 0.0228.